The molecule has 0 aromatic carbocycles. The molecule has 0 saturated heterocycles. The SMILES string of the molecule is NC(=O)CN1CCc2sccc2[C@@H]1C1CC1. The summed E-state index contributed by atoms with van der Waals surface area (Å²) >= 11 is 1.85. The molecule has 4 heteroatoms. The Morgan fingerprint density at radius 2 is 2.38 bits per heavy atom. The maximum atomic E-state index is 11.1. The van der Waals surface area contributed by atoms with Gasteiger partial charge in [0.05, 0.1) is 6.54 Å². The van der Waals surface area contributed by atoms with Crippen LogP contribution in [-0.2, 0) is 11.2 Å². The summed E-state index contributed by atoms with van der Waals surface area (Å²) in [6, 6.07) is 2.69. The predicted molar refractivity (Wildman–Crippen MR) is 64.3 cm³/mol. The van der Waals surface area contributed by atoms with Crippen LogP contribution in [0, 0.1) is 5.92 Å². The molecule has 2 N–H and O–H groups in total. The van der Waals surface area contributed by atoms with Crippen molar-refractivity contribution in [3.05, 3.63) is 21.9 Å². The van der Waals surface area contributed by atoms with Gasteiger partial charge in [-0.15, -0.1) is 11.3 Å². The van der Waals surface area contributed by atoms with Crippen molar-refractivity contribution >= 4 is 17.2 Å². The molecule has 0 spiro atoms. The van der Waals surface area contributed by atoms with E-state index in [9.17, 15) is 4.79 Å². The van der Waals surface area contributed by atoms with Gasteiger partial charge in [0.25, 0.3) is 0 Å². The number of carbonyl (C=O) groups excluding carboxylic acids is 1. The molecule has 3 rings (SSSR count). The van der Waals surface area contributed by atoms with Crippen LogP contribution in [0.2, 0.25) is 0 Å². The summed E-state index contributed by atoms with van der Waals surface area (Å²) in [5.74, 6) is 0.553. The Hall–Kier alpha value is -0.870. The van der Waals surface area contributed by atoms with Crippen LogP contribution in [0.25, 0.3) is 0 Å². The van der Waals surface area contributed by atoms with Gasteiger partial charge in [0.2, 0.25) is 5.91 Å². The molecule has 1 aromatic heterocycles. The number of carbonyl (C=O) groups is 1. The predicted octanol–water partition coefficient (Wildman–Crippen LogP) is 1.54. The van der Waals surface area contributed by atoms with Crippen LogP contribution in [0.15, 0.2) is 11.4 Å². The number of rotatable bonds is 3. The van der Waals surface area contributed by atoms with E-state index in [1.54, 1.807) is 0 Å². The lowest BCUT2D eigenvalue weighted by atomic mass is 9.96. The van der Waals surface area contributed by atoms with Crippen molar-refractivity contribution < 1.29 is 4.79 Å². The molecule has 1 atom stereocenters. The Bertz CT molecular complexity index is 411. The molecule has 1 saturated carbocycles. The van der Waals surface area contributed by atoms with Gasteiger partial charge in [0, 0.05) is 17.5 Å². The lowest BCUT2D eigenvalue weighted by Gasteiger charge is -2.35. The van der Waals surface area contributed by atoms with Crippen molar-refractivity contribution in [2.75, 3.05) is 13.1 Å². The molecule has 1 aliphatic heterocycles. The lowest BCUT2D eigenvalue weighted by molar-refractivity contribution is -0.119. The van der Waals surface area contributed by atoms with E-state index in [0.717, 1.165) is 18.9 Å². The average molecular weight is 236 g/mol. The van der Waals surface area contributed by atoms with E-state index in [1.807, 2.05) is 11.3 Å². The standard InChI is InChI=1S/C12H16N2OS/c13-11(15)7-14-5-3-10-9(4-6-16-10)12(14)8-1-2-8/h4,6,8,12H,1-3,5,7H2,(H2,13,15)/t12-/m0/s1. The molecular formula is C12H16N2OS. The fourth-order valence-electron chi connectivity index (χ4n) is 2.74. The zero-order valence-corrected chi connectivity index (χ0v) is 10.0. The van der Waals surface area contributed by atoms with Gasteiger partial charge in [-0.1, -0.05) is 0 Å². The van der Waals surface area contributed by atoms with E-state index in [0.29, 0.717) is 12.6 Å². The van der Waals surface area contributed by atoms with Crippen molar-refractivity contribution in [1.82, 2.24) is 4.90 Å². The van der Waals surface area contributed by atoms with Crippen molar-refractivity contribution in [1.29, 1.82) is 0 Å². The van der Waals surface area contributed by atoms with Gasteiger partial charge in [0.1, 0.15) is 0 Å². The number of nitrogens with zero attached hydrogens (tertiary/aromatic N) is 1. The van der Waals surface area contributed by atoms with Crippen molar-refractivity contribution in [3.63, 3.8) is 0 Å². The summed E-state index contributed by atoms with van der Waals surface area (Å²) in [7, 11) is 0. The molecule has 1 aliphatic carbocycles. The zero-order valence-electron chi connectivity index (χ0n) is 9.19. The van der Waals surface area contributed by atoms with Crippen LogP contribution in [0.4, 0.5) is 0 Å². The van der Waals surface area contributed by atoms with Crippen LogP contribution in [0.3, 0.4) is 0 Å². The highest BCUT2D eigenvalue weighted by Gasteiger charge is 2.40. The van der Waals surface area contributed by atoms with Gasteiger partial charge in [-0.2, -0.15) is 0 Å². The fourth-order valence-corrected chi connectivity index (χ4v) is 3.65. The second-order valence-electron chi connectivity index (χ2n) is 4.77. The first kappa shape index (κ1) is 10.3. The molecule has 3 nitrogen and oxygen atoms in total. The molecule has 2 heterocycles. The minimum atomic E-state index is -0.204. The largest absolute Gasteiger partial charge is 0.369 e. The quantitative estimate of drug-likeness (QED) is 0.865. The molecular weight excluding hydrogens is 220 g/mol. The topological polar surface area (TPSA) is 46.3 Å². The second-order valence-corrected chi connectivity index (χ2v) is 5.77. The number of fused-ring (bicyclic) bond motifs is 1. The van der Waals surface area contributed by atoms with Crippen molar-refractivity contribution in [2.45, 2.75) is 25.3 Å². The van der Waals surface area contributed by atoms with Gasteiger partial charge >= 0.3 is 0 Å². The number of nitrogens with two attached hydrogens (primary N) is 1. The monoisotopic (exact) mass is 236 g/mol. The van der Waals surface area contributed by atoms with Gasteiger partial charge in [0.15, 0.2) is 0 Å². The molecule has 0 radical (unpaired) electrons. The van der Waals surface area contributed by atoms with Crippen molar-refractivity contribution in [2.24, 2.45) is 11.7 Å². The van der Waals surface area contributed by atoms with Gasteiger partial charge < -0.3 is 5.73 Å². The first-order valence-corrected chi connectivity index (χ1v) is 6.72. The zero-order chi connectivity index (χ0) is 11.1. The molecule has 2 aliphatic rings. The Balaban J connectivity index is 1.88. The summed E-state index contributed by atoms with van der Waals surface area (Å²) in [4.78, 5) is 14.9. The number of hydrogen-bond acceptors (Lipinski definition) is 3. The number of thiophene rings is 1. The first-order valence-electron chi connectivity index (χ1n) is 5.84. The maximum Gasteiger partial charge on any atom is 0.231 e. The van der Waals surface area contributed by atoms with Crippen LogP contribution >= 0.6 is 11.3 Å². The Morgan fingerprint density at radius 1 is 1.56 bits per heavy atom. The summed E-state index contributed by atoms with van der Waals surface area (Å²) in [5, 5.41) is 2.17. The minimum absolute atomic E-state index is 0.204. The lowest BCUT2D eigenvalue weighted by Crippen LogP contribution is -2.41. The summed E-state index contributed by atoms with van der Waals surface area (Å²) in [6.45, 7) is 1.40. The summed E-state index contributed by atoms with van der Waals surface area (Å²) in [6.07, 6.45) is 3.67. The van der Waals surface area contributed by atoms with E-state index in [-0.39, 0.29) is 5.91 Å². The molecule has 0 bridgehead atoms. The number of hydrogen-bond donors (Lipinski definition) is 1. The summed E-state index contributed by atoms with van der Waals surface area (Å²) < 4.78 is 0. The van der Waals surface area contributed by atoms with E-state index >= 15 is 0 Å². The van der Waals surface area contributed by atoms with Crippen LogP contribution < -0.4 is 5.73 Å². The maximum absolute atomic E-state index is 11.1. The van der Waals surface area contributed by atoms with Crippen LogP contribution in [0.5, 0.6) is 0 Å². The van der Waals surface area contributed by atoms with Gasteiger partial charge in [-0.25, -0.2) is 0 Å². The normalized spacial score (nSPS) is 25.4. The third-order valence-electron chi connectivity index (χ3n) is 3.55. The Morgan fingerprint density at radius 3 is 3.06 bits per heavy atom. The Labute approximate surface area is 99.2 Å². The van der Waals surface area contributed by atoms with Gasteiger partial charge in [-0.3, -0.25) is 9.69 Å². The third kappa shape index (κ3) is 1.76. The highest BCUT2D eigenvalue weighted by molar-refractivity contribution is 7.10. The first-order chi connectivity index (χ1) is 7.75. The van der Waals surface area contributed by atoms with E-state index in [2.05, 4.69) is 16.3 Å². The molecule has 1 amide bonds. The Kier molecular flexibility index (Phi) is 2.48. The minimum Gasteiger partial charge on any atom is -0.369 e. The molecule has 1 fully saturated rings. The van der Waals surface area contributed by atoms with Crippen LogP contribution in [-0.4, -0.2) is 23.9 Å². The number of amides is 1. The highest BCUT2D eigenvalue weighted by atomic mass is 32.1. The third-order valence-corrected chi connectivity index (χ3v) is 4.54. The van der Waals surface area contributed by atoms with Gasteiger partial charge in [-0.05, 0) is 42.2 Å². The highest BCUT2D eigenvalue weighted by Crippen LogP contribution is 2.48. The smallest absolute Gasteiger partial charge is 0.231 e. The molecule has 1 aromatic rings. The molecule has 86 valence electrons. The molecule has 16 heavy (non-hydrogen) atoms. The number of primary amides is 1. The van der Waals surface area contributed by atoms with Crippen LogP contribution in [0.1, 0.15) is 29.3 Å². The average Bonchev–Trinajstić information content (AvgIpc) is 2.94. The fraction of sp³-hybridized carbons (Fsp3) is 0.583. The van der Waals surface area contributed by atoms with E-state index in [4.69, 9.17) is 5.73 Å². The second kappa shape index (κ2) is 3.86. The van der Waals surface area contributed by atoms with E-state index < -0.39 is 0 Å². The van der Waals surface area contributed by atoms with E-state index in [1.165, 1.54) is 23.3 Å². The summed E-state index contributed by atoms with van der Waals surface area (Å²) in [5.41, 5.74) is 6.78. The van der Waals surface area contributed by atoms with Crippen molar-refractivity contribution in [3.8, 4) is 0 Å². The molecule has 0 unspecified atom stereocenters.